The third-order valence-electron chi connectivity index (χ3n) is 3.83. The maximum Gasteiger partial charge on any atom is 0.133 e. The number of nitrogens with two attached hydrogens (primary N) is 1. The number of rotatable bonds is 4. The Morgan fingerprint density at radius 2 is 1.95 bits per heavy atom. The molecule has 2 N–H and O–H groups in total. The van der Waals surface area contributed by atoms with Gasteiger partial charge in [-0.25, -0.2) is 0 Å². The van der Waals surface area contributed by atoms with Gasteiger partial charge in [0.25, 0.3) is 0 Å². The molecule has 1 heterocycles. The first-order valence-electron chi connectivity index (χ1n) is 7.51. The zero-order valence-electron chi connectivity index (χ0n) is 12.3. The van der Waals surface area contributed by atoms with E-state index in [0.717, 1.165) is 23.5 Å². The Morgan fingerprint density at radius 1 is 1.19 bits per heavy atom. The van der Waals surface area contributed by atoms with Crippen LogP contribution in [0.1, 0.15) is 30.5 Å². The molecule has 2 aromatic rings. The molecule has 1 aliphatic heterocycles. The third kappa shape index (κ3) is 3.25. The van der Waals surface area contributed by atoms with Crippen molar-refractivity contribution in [3.8, 4) is 5.75 Å². The third-order valence-corrected chi connectivity index (χ3v) is 4.98. The summed E-state index contributed by atoms with van der Waals surface area (Å²) in [6.07, 6.45) is 2.32. The normalized spacial score (nSPS) is 18.7. The fourth-order valence-electron chi connectivity index (χ4n) is 2.62. The molecule has 2 nitrogen and oxygen atoms in total. The second-order valence-electron chi connectivity index (χ2n) is 5.43. The van der Waals surface area contributed by atoms with Gasteiger partial charge in [0.05, 0.1) is 6.04 Å². The lowest BCUT2D eigenvalue weighted by atomic mass is 10.00. The van der Waals surface area contributed by atoms with Gasteiger partial charge in [-0.1, -0.05) is 49.7 Å². The summed E-state index contributed by atoms with van der Waals surface area (Å²) in [7, 11) is 0. The van der Waals surface area contributed by atoms with E-state index < -0.39 is 0 Å². The quantitative estimate of drug-likeness (QED) is 0.919. The van der Waals surface area contributed by atoms with E-state index in [4.69, 9.17) is 10.5 Å². The largest absolute Gasteiger partial charge is 0.486 e. The minimum absolute atomic E-state index is 0.0296. The number of thioether (sulfide) groups is 1. The maximum absolute atomic E-state index is 6.41. The van der Waals surface area contributed by atoms with Crippen molar-refractivity contribution in [1.29, 1.82) is 0 Å². The molecule has 3 heteroatoms. The highest BCUT2D eigenvalue weighted by atomic mass is 32.2. The Balaban J connectivity index is 1.72. The first kappa shape index (κ1) is 14.5. The predicted molar refractivity (Wildman–Crippen MR) is 88.9 cm³/mol. The zero-order valence-corrected chi connectivity index (χ0v) is 13.1. The van der Waals surface area contributed by atoms with Gasteiger partial charge in [-0.15, -0.1) is 11.8 Å². The minimum atomic E-state index is -0.0819. The summed E-state index contributed by atoms with van der Waals surface area (Å²) in [4.78, 5) is 1.21. The van der Waals surface area contributed by atoms with Crippen molar-refractivity contribution in [3.05, 3.63) is 59.7 Å². The molecule has 21 heavy (non-hydrogen) atoms. The number of aryl methyl sites for hydroxylation is 1. The first-order chi connectivity index (χ1) is 10.3. The van der Waals surface area contributed by atoms with Crippen LogP contribution in [0, 0.1) is 0 Å². The van der Waals surface area contributed by atoms with Crippen LogP contribution in [0.15, 0.2) is 53.4 Å². The van der Waals surface area contributed by atoms with Crippen LogP contribution in [0.4, 0.5) is 0 Å². The number of fused-ring (bicyclic) bond motifs is 1. The average Bonchev–Trinajstić information content (AvgIpc) is 2.55. The van der Waals surface area contributed by atoms with Crippen molar-refractivity contribution in [3.63, 3.8) is 0 Å². The Kier molecular flexibility index (Phi) is 4.51. The van der Waals surface area contributed by atoms with Gasteiger partial charge < -0.3 is 10.5 Å². The molecule has 0 fully saturated rings. The second kappa shape index (κ2) is 6.54. The van der Waals surface area contributed by atoms with E-state index in [9.17, 15) is 0 Å². The number of para-hydroxylation sites is 1. The molecule has 2 atom stereocenters. The average molecular weight is 299 g/mol. The smallest absolute Gasteiger partial charge is 0.133 e. The highest BCUT2D eigenvalue weighted by Crippen LogP contribution is 2.37. The summed E-state index contributed by atoms with van der Waals surface area (Å²) in [6.45, 7) is 2.20. The van der Waals surface area contributed by atoms with Crippen LogP contribution >= 0.6 is 11.8 Å². The van der Waals surface area contributed by atoms with E-state index in [0.29, 0.717) is 0 Å². The van der Waals surface area contributed by atoms with Crippen LogP contribution in [-0.4, -0.2) is 11.9 Å². The van der Waals surface area contributed by atoms with Crippen molar-refractivity contribution in [2.24, 2.45) is 5.73 Å². The van der Waals surface area contributed by atoms with Crippen molar-refractivity contribution in [2.45, 2.75) is 36.8 Å². The molecule has 0 saturated heterocycles. The molecule has 0 bridgehead atoms. The standard InChI is InChI=1S/C18H21NOS/c1-2-5-13-8-10-14(11-9-13)18(19)16-12-21-17-7-4-3-6-15(17)20-16/h3-4,6-11,16,18H,2,5,12,19H2,1H3. The molecule has 0 radical (unpaired) electrons. The molecule has 0 saturated carbocycles. The molecule has 2 unspecified atom stereocenters. The topological polar surface area (TPSA) is 35.2 Å². The van der Waals surface area contributed by atoms with Gasteiger partial charge in [0.2, 0.25) is 0 Å². The summed E-state index contributed by atoms with van der Waals surface area (Å²) in [5.74, 6) is 1.85. The number of ether oxygens (including phenoxy) is 1. The van der Waals surface area contributed by atoms with E-state index in [1.807, 2.05) is 30.0 Å². The summed E-state index contributed by atoms with van der Waals surface area (Å²) in [5, 5.41) is 0. The summed E-state index contributed by atoms with van der Waals surface area (Å²) >= 11 is 1.83. The lowest BCUT2D eigenvalue weighted by molar-refractivity contribution is 0.185. The molecule has 0 aromatic heterocycles. The minimum Gasteiger partial charge on any atom is -0.486 e. The Hall–Kier alpha value is -1.45. The van der Waals surface area contributed by atoms with Crippen molar-refractivity contribution in [2.75, 3.05) is 5.75 Å². The molecule has 0 amide bonds. The first-order valence-corrected chi connectivity index (χ1v) is 8.49. The Morgan fingerprint density at radius 3 is 2.71 bits per heavy atom. The van der Waals surface area contributed by atoms with Gasteiger partial charge in [0.1, 0.15) is 11.9 Å². The van der Waals surface area contributed by atoms with Crippen LogP contribution in [-0.2, 0) is 6.42 Å². The van der Waals surface area contributed by atoms with Crippen LogP contribution in [0.5, 0.6) is 5.75 Å². The van der Waals surface area contributed by atoms with Gasteiger partial charge in [-0.2, -0.15) is 0 Å². The van der Waals surface area contributed by atoms with Gasteiger partial charge in [-0.05, 0) is 29.7 Å². The molecular weight excluding hydrogens is 278 g/mol. The van der Waals surface area contributed by atoms with Crippen molar-refractivity contribution in [1.82, 2.24) is 0 Å². The maximum atomic E-state index is 6.41. The van der Waals surface area contributed by atoms with Crippen LogP contribution in [0.2, 0.25) is 0 Å². The molecule has 110 valence electrons. The van der Waals surface area contributed by atoms with E-state index in [-0.39, 0.29) is 12.1 Å². The highest BCUT2D eigenvalue weighted by Gasteiger charge is 2.26. The van der Waals surface area contributed by atoms with Gasteiger partial charge in [0.15, 0.2) is 0 Å². The zero-order chi connectivity index (χ0) is 14.7. The van der Waals surface area contributed by atoms with E-state index in [1.54, 1.807) is 0 Å². The fourth-order valence-corrected chi connectivity index (χ4v) is 3.68. The fraction of sp³-hybridized carbons (Fsp3) is 0.333. The Labute approximate surface area is 130 Å². The summed E-state index contributed by atoms with van der Waals surface area (Å²) in [6, 6.07) is 16.7. The number of benzene rings is 2. The molecule has 3 rings (SSSR count). The Bertz CT molecular complexity index is 596. The SMILES string of the molecule is CCCc1ccc(C(N)C2CSc3ccccc3O2)cc1. The predicted octanol–water partition coefficient (Wildman–Crippen LogP) is 4.19. The molecular formula is C18H21NOS. The highest BCUT2D eigenvalue weighted by molar-refractivity contribution is 7.99. The molecule has 1 aliphatic rings. The monoisotopic (exact) mass is 299 g/mol. The van der Waals surface area contributed by atoms with Gasteiger partial charge >= 0.3 is 0 Å². The number of hydrogen-bond donors (Lipinski definition) is 1. The van der Waals surface area contributed by atoms with Crippen molar-refractivity contribution >= 4 is 11.8 Å². The number of hydrogen-bond acceptors (Lipinski definition) is 3. The summed E-state index contributed by atoms with van der Waals surface area (Å²) in [5.41, 5.74) is 8.94. The summed E-state index contributed by atoms with van der Waals surface area (Å²) < 4.78 is 6.08. The van der Waals surface area contributed by atoms with Crippen molar-refractivity contribution < 1.29 is 4.74 Å². The van der Waals surface area contributed by atoms with E-state index in [2.05, 4.69) is 37.3 Å². The molecule has 0 spiro atoms. The molecule has 0 aliphatic carbocycles. The van der Waals surface area contributed by atoms with Gasteiger partial charge in [-0.3, -0.25) is 0 Å². The van der Waals surface area contributed by atoms with Crippen LogP contribution in [0.3, 0.4) is 0 Å². The lowest BCUT2D eigenvalue weighted by Crippen LogP contribution is -2.35. The lowest BCUT2D eigenvalue weighted by Gasteiger charge is -2.30. The van der Waals surface area contributed by atoms with E-state index >= 15 is 0 Å². The van der Waals surface area contributed by atoms with Crippen LogP contribution in [0.25, 0.3) is 0 Å². The second-order valence-corrected chi connectivity index (χ2v) is 6.49. The van der Waals surface area contributed by atoms with Gasteiger partial charge in [0, 0.05) is 10.6 Å². The molecule has 2 aromatic carbocycles. The van der Waals surface area contributed by atoms with E-state index in [1.165, 1.54) is 16.9 Å². The van der Waals surface area contributed by atoms with Crippen LogP contribution < -0.4 is 10.5 Å².